The van der Waals surface area contributed by atoms with Gasteiger partial charge in [0.1, 0.15) is 11.5 Å². The Hall–Kier alpha value is -3.27. The summed E-state index contributed by atoms with van der Waals surface area (Å²) in [5, 5.41) is 2.95. The van der Waals surface area contributed by atoms with Crippen LogP contribution in [0.4, 0.5) is 0 Å². The highest BCUT2D eigenvalue weighted by molar-refractivity contribution is 5.82. The fourth-order valence-electron chi connectivity index (χ4n) is 2.56. The molecule has 4 nitrogen and oxygen atoms in total. The summed E-state index contributed by atoms with van der Waals surface area (Å²) in [6.07, 6.45) is -0.711. The molecule has 0 spiro atoms. The Bertz CT molecular complexity index is 817. The Kier molecular flexibility index (Phi) is 5.88. The molecule has 1 amide bonds. The molecule has 3 rings (SSSR count). The molecule has 0 heterocycles. The first-order valence-electron chi connectivity index (χ1n) is 8.43. The number of benzene rings is 3. The van der Waals surface area contributed by atoms with Crippen molar-refractivity contribution in [1.82, 2.24) is 5.32 Å². The molecule has 0 bridgehead atoms. The molecule has 26 heavy (non-hydrogen) atoms. The van der Waals surface area contributed by atoms with Crippen molar-refractivity contribution in [3.63, 3.8) is 0 Å². The van der Waals surface area contributed by atoms with Crippen molar-refractivity contribution in [1.29, 1.82) is 0 Å². The smallest absolute Gasteiger partial charge is 0.266 e. The van der Waals surface area contributed by atoms with Crippen molar-refractivity contribution in [3.05, 3.63) is 96.1 Å². The van der Waals surface area contributed by atoms with Gasteiger partial charge in [0.15, 0.2) is 0 Å². The molecule has 0 saturated heterocycles. The molecule has 0 aliphatic carbocycles. The number of carbonyl (C=O) groups excluding carboxylic acids is 1. The lowest BCUT2D eigenvalue weighted by Gasteiger charge is -2.19. The zero-order valence-electron chi connectivity index (χ0n) is 14.6. The second-order valence-corrected chi connectivity index (χ2v) is 5.79. The molecule has 3 aromatic rings. The normalized spacial score (nSPS) is 11.4. The number of carbonyl (C=O) groups is 1. The summed E-state index contributed by atoms with van der Waals surface area (Å²) in [4.78, 5) is 12.8. The lowest BCUT2D eigenvalue weighted by molar-refractivity contribution is -0.128. The molecule has 1 atom stereocenters. The van der Waals surface area contributed by atoms with Crippen molar-refractivity contribution in [3.8, 4) is 11.5 Å². The number of ether oxygens (including phenoxy) is 2. The molecule has 132 valence electrons. The molecule has 3 aromatic carbocycles. The molecule has 0 aromatic heterocycles. The van der Waals surface area contributed by atoms with E-state index in [2.05, 4.69) is 5.32 Å². The van der Waals surface area contributed by atoms with Crippen LogP contribution in [0.25, 0.3) is 0 Å². The Morgan fingerprint density at radius 3 is 2.08 bits per heavy atom. The minimum absolute atomic E-state index is 0.184. The predicted octanol–water partition coefficient (Wildman–Crippen LogP) is 4.13. The van der Waals surface area contributed by atoms with Gasteiger partial charge in [-0.15, -0.1) is 0 Å². The molecule has 0 aliphatic heterocycles. The maximum absolute atomic E-state index is 12.8. The fourth-order valence-corrected chi connectivity index (χ4v) is 2.56. The minimum atomic E-state index is -0.711. The first-order valence-corrected chi connectivity index (χ1v) is 8.43. The summed E-state index contributed by atoms with van der Waals surface area (Å²) in [7, 11) is 1.63. The number of methoxy groups -OCH3 is 1. The average Bonchev–Trinajstić information content (AvgIpc) is 2.72. The second kappa shape index (κ2) is 8.72. The Morgan fingerprint density at radius 2 is 1.46 bits per heavy atom. The maximum atomic E-state index is 12.8. The van der Waals surface area contributed by atoms with Crippen LogP contribution in [0.3, 0.4) is 0 Å². The third kappa shape index (κ3) is 4.63. The number of para-hydroxylation sites is 1. The van der Waals surface area contributed by atoms with Gasteiger partial charge in [-0.1, -0.05) is 60.7 Å². The second-order valence-electron chi connectivity index (χ2n) is 5.79. The molecular weight excluding hydrogens is 326 g/mol. The quantitative estimate of drug-likeness (QED) is 0.699. The van der Waals surface area contributed by atoms with Gasteiger partial charge in [-0.05, 0) is 29.8 Å². The standard InChI is InChI=1S/C22H21NO3/c1-25-19-14-12-17(13-15-19)16-23-22(24)21(18-8-4-2-5-9-18)26-20-10-6-3-7-11-20/h2-15,21H,16H2,1H3,(H,23,24). The zero-order valence-corrected chi connectivity index (χ0v) is 14.6. The molecule has 0 saturated carbocycles. The van der Waals surface area contributed by atoms with Gasteiger partial charge in [-0.25, -0.2) is 0 Å². The lowest BCUT2D eigenvalue weighted by Crippen LogP contribution is -2.32. The topological polar surface area (TPSA) is 47.6 Å². The molecule has 1 N–H and O–H groups in total. The summed E-state index contributed by atoms with van der Waals surface area (Å²) >= 11 is 0. The summed E-state index contributed by atoms with van der Waals surface area (Å²) in [5.74, 6) is 1.26. The number of amides is 1. The van der Waals surface area contributed by atoms with Crippen LogP contribution in [0.15, 0.2) is 84.9 Å². The Morgan fingerprint density at radius 1 is 0.846 bits per heavy atom. The van der Waals surface area contributed by atoms with Crippen LogP contribution >= 0.6 is 0 Å². The van der Waals surface area contributed by atoms with E-state index in [0.717, 1.165) is 16.9 Å². The van der Waals surface area contributed by atoms with E-state index >= 15 is 0 Å². The van der Waals surface area contributed by atoms with E-state index in [9.17, 15) is 4.79 Å². The van der Waals surface area contributed by atoms with E-state index in [4.69, 9.17) is 9.47 Å². The van der Waals surface area contributed by atoms with E-state index in [0.29, 0.717) is 12.3 Å². The van der Waals surface area contributed by atoms with Crippen LogP contribution in [0.1, 0.15) is 17.2 Å². The van der Waals surface area contributed by atoms with Gasteiger partial charge in [-0.3, -0.25) is 4.79 Å². The van der Waals surface area contributed by atoms with E-state index in [1.54, 1.807) is 7.11 Å². The van der Waals surface area contributed by atoms with Crippen molar-refractivity contribution in [2.24, 2.45) is 0 Å². The van der Waals surface area contributed by atoms with E-state index < -0.39 is 6.10 Å². The first kappa shape index (κ1) is 17.5. The molecule has 0 aliphatic rings. The van der Waals surface area contributed by atoms with Crippen molar-refractivity contribution in [2.75, 3.05) is 7.11 Å². The van der Waals surface area contributed by atoms with Crippen LogP contribution in [-0.2, 0) is 11.3 Å². The van der Waals surface area contributed by atoms with Crippen LogP contribution in [0.2, 0.25) is 0 Å². The molecule has 1 unspecified atom stereocenters. The summed E-state index contributed by atoms with van der Waals surface area (Å²) in [6.45, 7) is 0.421. The highest BCUT2D eigenvalue weighted by Gasteiger charge is 2.22. The average molecular weight is 347 g/mol. The SMILES string of the molecule is COc1ccc(CNC(=O)C(Oc2ccccc2)c2ccccc2)cc1. The highest BCUT2D eigenvalue weighted by atomic mass is 16.5. The Labute approximate surface area is 153 Å². The fraction of sp³-hybridized carbons (Fsp3) is 0.136. The number of hydrogen-bond acceptors (Lipinski definition) is 3. The van der Waals surface area contributed by atoms with Crippen molar-refractivity contribution >= 4 is 5.91 Å². The van der Waals surface area contributed by atoms with Gasteiger partial charge in [0.05, 0.1) is 7.11 Å². The maximum Gasteiger partial charge on any atom is 0.266 e. The largest absolute Gasteiger partial charge is 0.497 e. The van der Waals surface area contributed by atoms with Crippen molar-refractivity contribution < 1.29 is 14.3 Å². The van der Waals surface area contributed by atoms with E-state index in [1.807, 2.05) is 84.9 Å². The lowest BCUT2D eigenvalue weighted by atomic mass is 10.1. The monoisotopic (exact) mass is 347 g/mol. The third-order valence-electron chi connectivity index (χ3n) is 3.96. The van der Waals surface area contributed by atoms with Gasteiger partial charge in [0, 0.05) is 12.1 Å². The van der Waals surface area contributed by atoms with Gasteiger partial charge < -0.3 is 14.8 Å². The van der Waals surface area contributed by atoms with Crippen LogP contribution in [-0.4, -0.2) is 13.0 Å². The van der Waals surface area contributed by atoms with Gasteiger partial charge in [0.2, 0.25) is 6.10 Å². The van der Waals surface area contributed by atoms with Crippen LogP contribution in [0.5, 0.6) is 11.5 Å². The van der Waals surface area contributed by atoms with Gasteiger partial charge in [-0.2, -0.15) is 0 Å². The number of rotatable bonds is 7. The predicted molar refractivity (Wildman–Crippen MR) is 101 cm³/mol. The van der Waals surface area contributed by atoms with E-state index in [-0.39, 0.29) is 5.91 Å². The zero-order chi connectivity index (χ0) is 18.2. The van der Waals surface area contributed by atoms with Crippen molar-refractivity contribution in [2.45, 2.75) is 12.6 Å². The summed E-state index contributed by atoms with van der Waals surface area (Å²) < 4.78 is 11.1. The van der Waals surface area contributed by atoms with Gasteiger partial charge >= 0.3 is 0 Å². The van der Waals surface area contributed by atoms with E-state index in [1.165, 1.54) is 0 Å². The van der Waals surface area contributed by atoms with Gasteiger partial charge in [0.25, 0.3) is 5.91 Å². The number of hydrogen-bond donors (Lipinski definition) is 1. The molecular formula is C22H21NO3. The molecule has 0 radical (unpaired) electrons. The molecule has 4 heteroatoms. The summed E-state index contributed by atoms with van der Waals surface area (Å²) in [5.41, 5.74) is 1.80. The highest BCUT2D eigenvalue weighted by Crippen LogP contribution is 2.22. The first-order chi connectivity index (χ1) is 12.8. The summed E-state index contributed by atoms with van der Waals surface area (Å²) in [6, 6.07) is 26.4. The minimum Gasteiger partial charge on any atom is -0.497 e. The number of nitrogens with one attached hydrogen (secondary N) is 1. The van der Waals surface area contributed by atoms with Crippen LogP contribution in [0, 0.1) is 0 Å². The molecule has 0 fully saturated rings. The Balaban J connectivity index is 1.71. The third-order valence-corrected chi connectivity index (χ3v) is 3.96. The van der Waals surface area contributed by atoms with Crippen LogP contribution < -0.4 is 14.8 Å².